The van der Waals surface area contributed by atoms with E-state index < -0.39 is 5.60 Å². The summed E-state index contributed by atoms with van der Waals surface area (Å²) in [5.74, 6) is 0.155. The van der Waals surface area contributed by atoms with Crippen LogP contribution in [-0.2, 0) is 9.59 Å². The molecule has 0 aromatic rings. The first kappa shape index (κ1) is 13.5. The van der Waals surface area contributed by atoms with Crippen LogP contribution in [0.2, 0.25) is 0 Å². The molecule has 0 saturated heterocycles. The third kappa shape index (κ3) is 2.05. The Hall–Kier alpha value is -0.960. The largest absolute Gasteiger partial charge is 0.390 e. The molecule has 0 aliphatic heterocycles. The van der Waals surface area contributed by atoms with Gasteiger partial charge in [0.2, 0.25) is 0 Å². The molecule has 2 rings (SSSR count). The van der Waals surface area contributed by atoms with Crippen LogP contribution in [0, 0.1) is 17.8 Å². The second-order valence-electron chi connectivity index (χ2n) is 6.40. The molecule has 3 unspecified atom stereocenters. The third-order valence-electron chi connectivity index (χ3n) is 4.63. The van der Waals surface area contributed by atoms with Crippen LogP contribution in [0.5, 0.6) is 0 Å². The minimum absolute atomic E-state index is 0.000185. The van der Waals surface area contributed by atoms with Gasteiger partial charge in [0, 0.05) is 12.0 Å². The SMILES string of the molecule is CC1=C2C(=O)C(C(C)(C)O)CCC(C)C2CC1=O. The van der Waals surface area contributed by atoms with Crippen molar-refractivity contribution >= 4 is 11.6 Å². The minimum Gasteiger partial charge on any atom is -0.390 e. The van der Waals surface area contributed by atoms with Crippen LogP contribution in [-0.4, -0.2) is 22.3 Å². The molecule has 100 valence electrons. The zero-order valence-electron chi connectivity index (χ0n) is 11.6. The van der Waals surface area contributed by atoms with E-state index in [9.17, 15) is 14.7 Å². The van der Waals surface area contributed by atoms with Gasteiger partial charge < -0.3 is 5.11 Å². The summed E-state index contributed by atoms with van der Waals surface area (Å²) in [4.78, 5) is 24.4. The molecule has 1 N–H and O–H groups in total. The Morgan fingerprint density at radius 3 is 2.39 bits per heavy atom. The summed E-state index contributed by atoms with van der Waals surface area (Å²) in [5, 5.41) is 10.2. The Labute approximate surface area is 108 Å². The van der Waals surface area contributed by atoms with E-state index in [0.717, 1.165) is 6.42 Å². The summed E-state index contributed by atoms with van der Waals surface area (Å²) < 4.78 is 0. The molecular weight excluding hydrogens is 228 g/mol. The molecule has 0 amide bonds. The third-order valence-corrected chi connectivity index (χ3v) is 4.63. The van der Waals surface area contributed by atoms with E-state index in [0.29, 0.717) is 29.9 Å². The number of aliphatic hydroxyl groups is 1. The second kappa shape index (κ2) is 4.30. The van der Waals surface area contributed by atoms with Gasteiger partial charge in [0.05, 0.1) is 11.5 Å². The van der Waals surface area contributed by atoms with E-state index >= 15 is 0 Å². The van der Waals surface area contributed by atoms with Crippen molar-refractivity contribution in [2.45, 2.75) is 52.6 Å². The maximum Gasteiger partial charge on any atom is 0.165 e. The van der Waals surface area contributed by atoms with E-state index in [1.54, 1.807) is 20.8 Å². The van der Waals surface area contributed by atoms with E-state index in [2.05, 4.69) is 6.92 Å². The lowest BCUT2D eigenvalue weighted by atomic mass is 9.81. The molecule has 2 aliphatic carbocycles. The first-order valence-corrected chi connectivity index (χ1v) is 6.74. The molecular formula is C15H22O3. The van der Waals surface area contributed by atoms with Gasteiger partial charge in [-0.05, 0) is 51.0 Å². The van der Waals surface area contributed by atoms with Crippen molar-refractivity contribution in [3.05, 3.63) is 11.1 Å². The van der Waals surface area contributed by atoms with Crippen LogP contribution in [0.25, 0.3) is 0 Å². The summed E-state index contributed by atoms with van der Waals surface area (Å²) in [5.41, 5.74) is 0.329. The number of allylic oxidation sites excluding steroid dienone is 2. The molecule has 1 fully saturated rings. The fourth-order valence-corrected chi connectivity index (χ4v) is 3.36. The predicted molar refractivity (Wildman–Crippen MR) is 69.0 cm³/mol. The molecule has 0 heterocycles. The zero-order valence-corrected chi connectivity index (χ0v) is 11.6. The first-order valence-electron chi connectivity index (χ1n) is 6.74. The van der Waals surface area contributed by atoms with Gasteiger partial charge >= 0.3 is 0 Å². The number of carbonyl (C=O) groups is 2. The lowest BCUT2D eigenvalue weighted by molar-refractivity contribution is -0.126. The zero-order chi connectivity index (χ0) is 13.7. The highest BCUT2D eigenvalue weighted by Gasteiger charge is 2.45. The molecule has 0 bridgehead atoms. The number of hydrogen-bond donors (Lipinski definition) is 1. The minimum atomic E-state index is -1.01. The monoisotopic (exact) mass is 250 g/mol. The Morgan fingerprint density at radius 2 is 1.83 bits per heavy atom. The summed E-state index contributed by atoms with van der Waals surface area (Å²) in [6.45, 7) is 7.24. The Morgan fingerprint density at radius 1 is 1.22 bits per heavy atom. The molecule has 18 heavy (non-hydrogen) atoms. The molecule has 3 heteroatoms. The lowest BCUT2D eigenvalue weighted by Gasteiger charge is -2.27. The average molecular weight is 250 g/mol. The normalized spacial score (nSPS) is 33.7. The fourth-order valence-electron chi connectivity index (χ4n) is 3.36. The van der Waals surface area contributed by atoms with Crippen molar-refractivity contribution < 1.29 is 14.7 Å². The van der Waals surface area contributed by atoms with E-state index in [1.807, 2.05) is 0 Å². The quantitative estimate of drug-likeness (QED) is 0.776. The molecule has 3 atom stereocenters. The number of hydrogen-bond acceptors (Lipinski definition) is 3. The average Bonchev–Trinajstić information content (AvgIpc) is 2.46. The van der Waals surface area contributed by atoms with Crippen LogP contribution in [0.15, 0.2) is 11.1 Å². The maximum atomic E-state index is 12.6. The standard InChI is InChI=1S/C15H22O3/c1-8-5-6-11(15(3,4)18)14(17)13-9(2)12(16)7-10(8)13/h8,10-11,18H,5-7H2,1-4H3. The molecule has 0 aromatic heterocycles. The Bertz CT molecular complexity index is 426. The van der Waals surface area contributed by atoms with Crippen LogP contribution < -0.4 is 0 Å². The number of carbonyl (C=O) groups excluding carboxylic acids is 2. The summed E-state index contributed by atoms with van der Waals surface area (Å²) in [6, 6.07) is 0. The highest BCUT2D eigenvalue weighted by Crippen LogP contribution is 2.44. The molecule has 0 aromatic carbocycles. The van der Waals surface area contributed by atoms with Gasteiger partial charge in [-0.1, -0.05) is 6.92 Å². The van der Waals surface area contributed by atoms with Crippen molar-refractivity contribution in [1.29, 1.82) is 0 Å². The van der Waals surface area contributed by atoms with Crippen LogP contribution in [0.4, 0.5) is 0 Å². The summed E-state index contributed by atoms with van der Waals surface area (Å²) >= 11 is 0. The smallest absolute Gasteiger partial charge is 0.165 e. The highest BCUT2D eigenvalue weighted by atomic mass is 16.3. The molecule has 0 spiro atoms. The van der Waals surface area contributed by atoms with Gasteiger partial charge in [-0.15, -0.1) is 0 Å². The van der Waals surface area contributed by atoms with Crippen molar-refractivity contribution in [2.24, 2.45) is 17.8 Å². The molecule has 0 radical (unpaired) electrons. The maximum absolute atomic E-state index is 12.6. The van der Waals surface area contributed by atoms with Gasteiger partial charge in [-0.3, -0.25) is 9.59 Å². The molecule has 3 nitrogen and oxygen atoms in total. The molecule has 2 aliphatic rings. The Balaban J connectivity index is 2.46. The summed E-state index contributed by atoms with van der Waals surface area (Å²) in [7, 11) is 0. The van der Waals surface area contributed by atoms with Crippen molar-refractivity contribution in [3.8, 4) is 0 Å². The summed E-state index contributed by atoms with van der Waals surface area (Å²) in [6.07, 6.45) is 2.09. The second-order valence-corrected chi connectivity index (χ2v) is 6.40. The van der Waals surface area contributed by atoms with Gasteiger partial charge in [0.25, 0.3) is 0 Å². The van der Waals surface area contributed by atoms with Gasteiger partial charge in [0.15, 0.2) is 11.6 Å². The van der Waals surface area contributed by atoms with E-state index in [-0.39, 0.29) is 23.4 Å². The highest BCUT2D eigenvalue weighted by molar-refractivity contribution is 6.11. The number of fused-ring (bicyclic) bond motifs is 1. The number of Topliss-reactive ketones (excluding diaryl/α,β-unsaturated/α-hetero) is 2. The van der Waals surface area contributed by atoms with Gasteiger partial charge in [-0.2, -0.15) is 0 Å². The first-order chi connectivity index (χ1) is 8.23. The van der Waals surface area contributed by atoms with Crippen molar-refractivity contribution in [1.82, 2.24) is 0 Å². The van der Waals surface area contributed by atoms with Crippen LogP contribution >= 0.6 is 0 Å². The molecule has 1 saturated carbocycles. The van der Waals surface area contributed by atoms with Crippen molar-refractivity contribution in [3.63, 3.8) is 0 Å². The van der Waals surface area contributed by atoms with Crippen LogP contribution in [0.1, 0.15) is 47.0 Å². The lowest BCUT2D eigenvalue weighted by Crippen LogP contribution is -2.37. The van der Waals surface area contributed by atoms with Gasteiger partial charge in [-0.25, -0.2) is 0 Å². The number of ketones is 2. The number of rotatable bonds is 1. The fraction of sp³-hybridized carbons (Fsp3) is 0.733. The predicted octanol–water partition coefficient (Wildman–Crippen LogP) is 2.28. The topological polar surface area (TPSA) is 54.4 Å². The van der Waals surface area contributed by atoms with Gasteiger partial charge in [0.1, 0.15) is 0 Å². The van der Waals surface area contributed by atoms with Crippen molar-refractivity contribution in [2.75, 3.05) is 0 Å². The Kier molecular flexibility index (Phi) is 3.22. The van der Waals surface area contributed by atoms with E-state index in [4.69, 9.17) is 0 Å². The van der Waals surface area contributed by atoms with E-state index in [1.165, 1.54) is 0 Å². The van der Waals surface area contributed by atoms with Crippen LogP contribution in [0.3, 0.4) is 0 Å².